The third kappa shape index (κ3) is 7.71. The van der Waals surface area contributed by atoms with Crippen LogP contribution in [0, 0.1) is 5.92 Å². The summed E-state index contributed by atoms with van der Waals surface area (Å²) in [4.78, 5) is 13.1. The van der Waals surface area contributed by atoms with Gasteiger partial charge in [-0.2, -0.15) is 0 Å². The van der Waals surface area contributed by atoms with E-state index in [9.17, 15) is 4.79 Å². The lowest BCUT2D eigenvalue weighted by atomic mass is 10.2. The lowest BCUT2D eigenvalue weighted by Gasteiger charge is -2.11. The molecule has 0 aliphatic carbocycles. The third-order valence-corrected chi connectivity index (χ3v) is 3.08. The second kappa shape index (κ2) is 9.40. The number of ether oxygens (including phenoxy) is 1. The Bertz CT molecular complexity index is 431. The van der Waals surface area contributed by atoms with Gasteiger partial charge >= 0.3 is 0 Å². The van der Waals surface area contributed by atoms with E-state index in [0.717, 1.165) is 25.3 Å². The van der Waals surface area contributed by atoms with Crippen molar-refractivity contribution >= 4 is 5.91 Å². The molecule has 4 nitrogen and oxygen atoms in total. The molecule has 1 N–H and O–H groups in total. The number of carbonyl (C=O) groups is 1. The highest BCUT2D eigenvalue weighted by Crippen LogP contribution is 2.14. The van der Waals surface area contributed by atoms with Crippen LogP contribution in [0.25, 0.3) is 0 Å². The van der Waals surface area contributed by atoms with Crippen LogP contribution >= 0.6 is 0 Å². The molecule has 1 aromatic carbocycles. The molecule has 0 aromatic heterocycles. The maximum Gasteiger partial charge on any atom is 0.222 e. The molecule has 0 aliphatic rings. The van der Waals surface area contributed by atoms with Crippen LogP contribution in [0.4, 0.5) is 0 Å². The van der Waals surface area contributed by atoms with Gasteiger partial charge in [-0.1, -0.05) is 26.0 Å². The summed E-state index contributed by atoms with van der Waals surface area (Å²) in [7, 11) is 3.55. The van der Waals surface area contributed by atoms with E-state index in [4.69, 9.17) is 4.74 Å². The van der Waals surface area contributed by atoms with Crippen LogP contribution in [0.1, 0.15) is 32.3 Å². The normalized spacial score (nSPS) is 10.7. The zero-order valence-corrected chi connectivity index (χ0v) is 13.7. The van der Waals surface area contributed by atoms with E-state index < -0.39 is 0 Å². The molecule has 0 unspecified atom stereocenters. The van der Waals surface area contributed by atoms with Crippen molar-refractivity contribution in [2.75, 3.05) is 27.2 Å². The van der Waals surface area contributed by atoms with Crippen molar-refractivity contribution in [3.05, 3.63) is 29.8 Å². The Kier molecular flexibility index (Phi) is 7.83. The first-order valence-electron chi connectivity index (χ1n) is 7.61. The van der Waals surface area contributed by atoms with Gasteiger partial charge in [-0.3, -0.25) is 4.79 Å². The average Bonchev–Trinajstić information content (AvgIpc) is 2.43. The van der Waals surface area contributed by atoms with Gasteiger partial charge < -0.3 is 15.0 Å². The summed E-state index contributed by atoms with van der Waals surface area (Å²) in [5, 5.41) is 3.42. The minimum absolute atomic E-state index is 0.144. The van der Waals surface area contributed by atoms with Gasteiger partial charge in [-0.25, -0.2) is 0 Å². The quantitative estimate of drug-likeness (QED) is 0.712. The molecule has 0 atom stereocenters. The number of carbonyl (C=O) groups excluding carboxylic acids is 1. The number of nitrogens with zero attached hydrogens (tertiary/aromatic N) is 1. The van der Waals surface area contributed by atoms with Crippen molar-refractivity contribution < 1.29 is 9.53 Å². The van der Waals surface area contributed by atoms with Gasteiger partial charge in [0.2, 0.25) is 5.91 Å². The van der Waals surface area contributed by atoms with Gasteiger partial charge in [0.15, 0.2) is 0 Å². The number of nitrogens with one attached hydrogen (secondary N) is 1. The first-order chi connectivity index (χ1) is 9.99. The van der Waals surface area contributed by atoms with Crippen molar-refractivity contribution in [3.63, 3.8) is 0 Å². The monoisotopic (exact) mass is 292 g/mol. The zero-order chi connectivity index (χ0) is 15.7. The molecule has 21 heavy (non-hydrogen) atoms. The molecule has 1 aromatic rings. The van der Waals surface area contributed by atoms with Crippen LogP contribution in [0.15, 0.2) is 24.3 Å². The second-order valence-electron chi connectivity index (χ2n) is 5.91. The van der Waals surface area contributed by atoms with Gasteiger partial charge in [0.05, 0.1) is 6.61 Å². The summed E-state index contributed by atoms with van der Waals surface area (Å²) in [6, 6.07) is 8.11. The smallest absolute Gasteiger partial charge is 0.222 e. The van der Waals surface area contributed by atoms with Crippen molar-refractivity contribution in [3.8, 4) is 5.75 Å². The Morgan fingerprint density at radius 3 is 2.76 bits per heavy atom. The second-order valence-corrected chi connectivity index (χ2v) is 5.91. The van der Waals surface area contributed by atoms with E-state index in [1.165, 1.54) is 5.56 Å². The molecular weight excluding hydrogens is 264 g/mol. The van der Waals surface area contributed by atoms with Gasteiger partial charge in [0, 0.05) is 27.1 Å². The molecule has 0 spiro atoms. The maximum absolute atomic E-state index is 11.4. The summed E-state index contributed by atoms with van der Waals surface area (Å²) in [5.41, 5.74) is 1.22. The molecular formula is C17H28N2O2. The fraction of sp³-hybridized carbons (Fsp3) is 0.588. The molecule has 0 heterocycles. The summed E-state index contributed by atoms with van der Waals surface area (Å²) in [6.07, 6.45) is 1.27. The number of hydrogen-bond acceptors (Lipinski definition) is 3. The summed E-state index contributed by atoms with van der Waals surface area (Å²) in [6.45, 7) is 6.83. The average molecular weight is 292 g/mol. The van der Waals surface area contributed by atoms with E-state index in [2.05, 4.69) is 31.3 Å². The largest absolute Gasteiger partial charge is 0.494 e. The predicted molar refractivity (Wildman–Crippen MR) is 86.4 cm³/mol. The third-order valence-electron chi connectivity index (χ3n) is 3.08. The summed E-state index contributed by atoms with van der Waals surface area (Å²) in [5.74, 6) is 1.67. The van der Waals surface area contributed by atoms with Gasteiger partial charge in [0.25, 0.3) is 0 Å². The first kappa shape index (κ1) is 17.5. The Morgan fingerprint density at radius 2 is 2.10 bits per heavy atom. The molecule has 1 rings (SSSR count). The Balaban J connectivity index is 2.30. The number of hydrogen-bond donors (Lipinski definition) is 1. The first-order valence-corrected chi connectivity index (χ1v) is 7.61. The molecule has 118 valence electrons. The topological polar surface area (TPSA) is 41.6 Å². The molecule has 0 radical (unpaired) electrons. The van der Waals surface area contributed by atoms with E-state index in [1.807, 2.05) is 12.1 Å². The lowest BCUT2D eigenvalue weighted by Crippen LogP contribution is -2.21. The van der Waals surface area contributed by atoms with E-state index in [1.54, 1.807) is 19.0 Å². The minimum atomic E-state index is 0.144. The van der Waals surface area contributed by atoms with Crippen LogP contribution in [0.2, 0.25) is 0 Å². The number of benzene rings is 1. The van der Waals surface area contributed by atoms with Crippen molar-refractivity contribution in [1.29, 1.82) is 0 Å². The van der Waals surface area contributed by atoms with Gasteiger partial charge in [0.1, 0.15) is 5.75 Å². The Hall–Kier alpha value is -1.55. The van der Waals surface area contributed by atoms with E-state index >= 15 is 0 Å². The fourth-order valence-corrected chi connectivity index (χ4v) is 1.89. The van der Waals surface area contributed by atoms with Crippen LogP contribution in [0.3, 0.4) is 0 Å². The lowest BCUT2D eigenvalue weighted by molar-refractivity contribution is -0.128. The molecule has 0 bridgehead atoms. The molecule has 0 aliphatic heterocycles. The van der Waals surface area contributed by atoms with Crippen molar-refractivity contribution in [1.82, 2.24) is 10.2 Å². The van der Waals surface area contributed by atoms with Gasteiger partial charge in [-0.15, -0.1) is 0 Å². The maximum atomic E-state index is 11.4. The molecule has 0 saturated carbocycles. The van der Waals surface area contributed by atoms with Crippen LogP contribution < -0.4 is 10.1 Å². The molecule has 0 fully saturated rings. The standard InChI is InChI=1S/C17H28N2O2/c1-14(2)12-18-13-15-7-5-8-16(11-15)21-10-6-9-17(20)19(3)4/h5,7-8,11,14,18H,6,9-10,12-13H2,1-4H3. The highest BCUT2D eigenvalue weighted by atomic mass is 16.5. The van der Waals surface area contributed by atoms with Crippen LogP contribution in [-0.2, 0) is 11.3 Å². The minimum Gasteiger partial charge on any atom is -0.494 e. The molecule has 0 saturated heterocycles. The molecule has 1 amide bonds. The van der Waals surface area contributed by atoms with Crippen LogP contribution in [-0.4, -0.2) is 38.1 Å². The number of amides is 1. The van der Waals surface area contributed by atoms with E-state index in [-0.39, 0.29) is 5.91 Å². The highest BCUT2D eigenvalue weighted by molar-refractivity contribution is 5.75. The predicted octanol–water partition coefficient (Wildman–Crippen LogP) is 2.68. The van der Waals surface area contributed by atoms with Crippen molar-refractivity contribution in [2.24, 2.45) is 5.92 Å². The Labute approximate surface area is 128 Å². The molecule has 4 heteroatoms. The highest BCUT2D eigenvalue weighted by Gasteiger charge is 2.03. The zero-order valence-electron chi connectivity index (χ0n) is 13.7. The summed E-state index contributed by atoms with van der Waals surface area (Å²) < 4.78 is 5.71. The SMILES string of the molecule is CC(C)CNCc1cccc(OCCCC(=O)N(C)C)c1. The Morgan fingerprint density at radius 1 is 1.33 bits per heavy atom. The number of rotatable bonds is 9. The fourth-order valence-electron chi connectivity index (χ4n) is 1.89. The van der Waals surface area contributed by atoms with Crippen LogP contribution in [0.5, 0.6) is 5.75 Å². The van der Waals surface area contributed by atoms with Crippen molar-refractivity contribution in [2.45, 2.75) is 33.2 Å². The van der Waals surface area contributed by atoms with E-state index in [0.29, 0.717) is 18.9 Å². The summed E-state index contributed by atoms with van der Waals surface area (Å²) >= 11 is 0. The van der Waals surface area contributed by atoms with Gasteiger partial charge in [-0.05, 0) is 36.6 Å².